The number of nitrogens with zero attached hydrogens (tertiary/aromatic N) is 3. The van der Waals surface area contributed by atoms with Crippen LogP contribution in [0.4, 0.5) is 0 Å². The van der Waals surface area contributed by atoms with Gasteiger partial charge in [0.05, 0.1) is 0 Å². The zero-order valence-corrected chi connectivity index (χ0v) is 9.85. The van der Waals surface area contributed by atoms with E-state index in [0.717, 1.165) is 19.6 Å². The number of hydrogen-bond donors (Lipinski definition) is 2. The molecule has 0 saturated carbocycles. The first-order chi connectivity index (χ1) is 7.04. The van der Waals surface area contributed by atoms with Gasteiger partial charge in [0.2, 0.25) is 0 Å². The molecule has 0 spiro atoms. The van der Waals surface area contributed by atoms with E-state index in [4.69, 9.17) is 10.9 Å². The van der Waals surface area contributed by atoms with E-state index in [1.54, 1.807) is 0 Å². The molecule has 1 aliphatic rings. The third-order valence-corrected chi connectivity index (χ3v) is 3.08. The maximum atomic E-state index is 8.53. The quantitative estimate of drug-likeness (QED) is 0.304. The second-order valence-electron chi connectivity index (χ2n) is 4.49. The largest absolute Gasteiger partial charge is 0.409 e. The topological polar surface area (TPSA) is 65.1 Å². The van der Waals surface area contributed by atoms with Crippen LogP contribution in [0.25, 0.3) is 0 Å². The molecule has 1 fully saturated rings. The van der Waals surface area contributed by atoms with Gasteiger partial charge >= 0.3 is 0 Å². The van der Waals surface area contributed by atoms with Crippen LogP contribution >= 0.6 is 0 Å². The maximum absolute atomic E-state index is 8.53. The molecule has 1 heterocycles. The molecule has 1 aliphatic heterocycles. The molecule has 2 unspecified atom stereocenters. The minimum absolute atomic E-state index is 0.314. The smallest absolute Gasteiger partial charge is 0.140 e. The normalized spacial score (nSPS) is 27.9. The first kappa shape index (κ1) is 12.3. The van der Waals surface area contributed by atoms with E-state index >= 15 is 0 Å². The van der Waals surface area contributed by atoms with Crippen molar-refractivity contribution in [3.8, 4) is 0 Å². The number of likely N-dealkylation sites (N-methyl/N-ethyl adjacent to an activating group) is 1. The fourth-order valence-corrected chi connectivity index (χ4v) is 2.27. The third-order valence-electron chi connectivity index (χ3n) is 3.08. The van der Waals surface area contributed by atoms with E-state index in [9.17, 15) is 0 Å². The van der Waals surface area contributed by atoms with Crippen LogP contribution in [-0.2, 0) is 0 Å². The number of rotatable bonds is 3. The molecule has 0 aromatic rings. The molecular weight excluding hydrogens is 192 g/mol. The van der Waals surface area contributed by atoms with E-state index in [1.807, 2.05) is 0 Å². The van der Waals surface area contributed by atoms with Crippen LogP contribution in [0.15, 0.2) is 5.16 Å². The predicted molar refractivity (Wildman–Crippen MR) is 61.2 cm³/mol. The van der Waals surface area contributed by atoms with Gasteiger partial charge in [-0.05, 0) is 20.9 Å². The summed E-state index contributed by atoms with van der Waals surface area (Å²) in [4.78, 5) is 4.75. The molecule has 5 nitrogen and oxygen atoms in total. The molecule has 2 atom stereocenters. The zero-order chi connectivity index (χ0) is 11.4. The summed E-state index contributed by atoms with van der Waals surface area (Å²) in [6.07, 6.45) is 0.630. The summed E-state index contributed by atoms with van der Waals surface area (Å²) in [5.74, 6) is 0.314. The summed E-state index contributed by atoms with van der Waals surface area (Å²) in [7, 11) is 2.14. The standard InChI is InChI=1S/C10H22N4O/c1-8(6-10(11)12-15)14-5-4-13(3)7-9(14)2/h8-9,15H,4-7H2,1-3H3,(H2,11,12). The van der Waals surface area contributed by atoms with Gasteiger partial charge in [-0.2, -0.15) is 0 Å². The van der Waals surface area contributed by atoms with Crippen molar-refractivity contribution >= 4 is 5.84 Å². The zero-order valence-electron chi connectivity index (χ0n) is 9.85. The molecule has 3 N–H and O–H groups in total. The molecule has 15 heavy (non-hydrogen) atoms. The Bertz CT molecular complexity index is 231. The van der Waals surface area contributed by atoms with Gasteiger partial charge in [-0.1, -0.05) is 5.16 Å². The first-order valence-corrected chi connectivity index (χ1v) is 5.45. The Hall–Kier alpha value is -0.810. The van der Waals surface area contributed by atoms with Crippen molar-refractivity contribution in [2.75, 3.05) is 26.7 Å². The summed E-state index contributed by atoms with van der Waals surface area (Å²) in [6.45, 7) is 7.57. The summed E-state index contributed by atoms with van der Waals surface area (Å²) >= 11 is 0. The summed E-state index contributed by atoms with van der Waals surface area (Å²) in [5, 5.41) is 11.5. The van der Waals surface area contributed by atoms with Crippen molar-refractivity contribution in [1.82, 2.24) is 9.80 Å². The number of piperazine rings is 1. The maximum Gasteiger partial charge on any atom is 0.140 e. The van der Waals surface area contributed by atoms with Crippen LogP contribution in [0.1, 0.15) is 20.3 Å². The lowest BCUT2D eigenvalue weighted by atomic mass is 10.1. The summed E-state index contributed by atoms with van der Waals surface area (Å²) in [6, 6.07) is 0.870. The van der Waals surface area contributed by atoms with Gasteiger partial charge in [0, 0.05) is 38.1 Å². The molecular formula is C10H22N4O. The molecule has 0 aromatic carbocycles. The van der Waals surface area contributed by atoms with Gasteiger partial charge in [-0.3, -0.25) is 4.90 Å². The summed E-state index contributed by atoms with van der Waals surface area (Å²) < 4.78 is 0. The monoisotopic (exact) mass is 214 g/mol. The number of hydrogen-bond acceptors (Lipinski definition) is 4. The van der Waals surface area contributed by atoms with Crippen LogP contribution < -0.4 is 5.73 Å². The molecule has 0 aromatic heterocycles. The first-order valence-electron chi connectivity index (χ1n) is 5.45. The highest BCUT2D eigenvalue weighted by atomic mass is 16.4. The van der Waals surface area contributed by atoms with E-state index < -0.39 is 0 Å². The average molecular weight is 214 g/mol. The fraction of sp³-hybridized carbons (Fsp3) is 0.900. The number of oxime groups is 1. The van der Waals surface area contributed by atoms with Crippen LogP contribution in [0, 0.1) is 0 Å². The Morgan fingerprint density at radius 3 is 2.80 bits per heavy atom. The van der Waals surface area contributed by atoms with Crippen LogP contribution in [-0.4, -0.2) is 59.6 Å². The summed E-state index contributed by atoms with van der Waals surface area (Å²) in [5.41, 5.74) is 5.52. The second kappa shape index (κ2) is 5.32. The lowest BCUT2D eigenvalue weighted by Crippen LogP contribution is -2.54. The van der Waals surface area contributed by atoms with E-state index in [1.165, 1.54) is 0 Å². The van der Waals surface area contributed by atoms with Crippen molar-refractivity contribution in [2.24, 2.45) is 10.9 Å². The van der Waals surface area contributed by atoms with Crippen molar-refractivity contribution in [3.63, 3.8) is 0 Å². The number of amidine groups is 1. The van der Waals surface area contributed by atoms with Crippen molar-refractivity contribution in [1.29, 1.82) is 0 Å². The Labute approximate surface area is 91.5 Å². The SMILES string of the molecule is CC(CC(N)=NO)N1CCN(C)CC1C. The van der Waals surface area contributed by atoms with Crippen molar-refractivity contribution < 1.29 is 5.21 Å². The van der Waals surface area contributed by atoms with Crippen LogP contribution in [0.5, 0.6) is 0 Å². The van der Waals surface area contributed by atoms with Crippen molar-refractivity contribution in [2.45, 2.75) is 32.4 Å². The Morgan fingerprint density at radius 1 is 1.60 bits per heavy atom. The van der Waals surface area contributed by atoms with Gasteiger partial charge in [0.15, 0.2) is 0 Å². The van der Waals surface area contributed by atoms with Crippen LogP contribution in [0.2, 0.25) is 0 Å². The average Bonchev–Trinajstić information content (AvgIpc) is 2.17. The lowest BCUT2D eigenvalue weighted by molar-refractivity contribution is 0.0697. The van der Waals surface area contributed by atoms with Crippen molar-refractivity contribution in [3.05, 3.63) is 0 Å². The highest BCUT2D eigenvalue weighted by Crippen LogP contribution is 2.13. The van der Waals surface area contributed by atoms with Gasteiger partial charge in [-0.25, -0.2) is 0 Å². The van der Waals surface area contributed by atoms with Gasteiger partial charge in [-0.15, -0.1) is 0 Å². The molecule has 0 bridgehead atoms. The minimum Gasteiger partial charge on any atom is -0.409 e. The Balaban J connectivity index is 2.48. The van der Waals surface area contributed by atoms with Gasteiger partial charge in [0.1, 0.15) is 5.84 Å². The van der Waals surface area contributed by atoms with Gasteiger partial charge < -0.3 is 15.8 Å². The molecule has 0 amide bonds. The van der Waals surface area contributed by atoms with Crippen LogP contribution in [0.3, 0.4) is 0 Å². The van der Waals surface area contributed by atoms with E-state index in [-0.39, 0.29) is 0 Å². The lowest BCUT2D eigenvalue weighted by Gasteiger charge is -2.41. The second-order valence-corrected chi connectivity index (χ2v) is 4.49. The molecule has 1 saturated heterocycles. The van der Waals surface area contributed by atoms with Gasteiger partial charge in [0.25, 0.3) is 0 Å². The molecule has 0 radical (unpaired) electrons. The fourth-order valence-electron chi connectivity index (χ4n) is 2.27. The highest BCUT2D eigenvalue weighted by molar-refractivity contribution is 5.80. The highest BCUT2D eigenvalue weighted by Gasteiger charge is 2.25. The Kier molecular flexibility index (Phi) is 4.35. The third kappa shape index (κ3) is 3.35. The molecule has 0 aliphatic carbocycles. The molecule has 1 rings (SSSR count). The van der Waals surface area contributed by atoms with E-state index in [0.29, 0.717) is 24.3 Å². The number of nitrogens with two attached hydrogens (primary N) is 1. The molecule has 88 valence electrons. The predicted octanol–water partition coefficient (Wildman–Crippen LogP) is 0.147. The minimum atomic E-state index is 0.314. The Morgan fingerprint density at radius 2 is 2.27 bits per heavy atom. The van der Waals surface area contributed by atoms with E-state index in [2.05, 4.69) is 35.9 Å². The molecule has 5 heteroatoms.